The van der Waals surface area contributed by atoms with E-state index in [1.807, 2.05) is 6.20 Å². The predicted molar refractivity (Wildman–Crippen MR) is 72.0 cm³/mol. The third-order valence-electron chi connectivity index (χ3n) is 2.88. The molecule has 0 fully saturated rings. The van der Waals surface area contributed by atoms with Gasteiger partial charge >= 0.3 is 0 Å². The van der Waals surface area contributed by atoms with E-state index in [0.29, 0.717) is 12.4 Å². The van der Waals surface area contributed by atoms with E-state index in [2.05, 4.69) is 38.4 Å². The predicted octanol–water partition coefficient (Wildman–Crippen LogP) is 2.76. The number of nitrogens with zero attached hydrogens (tertiary/aromatic N) is 3. The van der Waals surface area contributed by atoms with Gasteiger partial charge in [-0.15, -0.1) is 16.7 Å². The summed E-state index contributed by atoms with van der Waals surface area (Å²) in [5.41, 5.74) is 3.14. The van der Waals surface area contributed by atoms with Crippen molar-refractivity contribution < 1.29 is 4.74 Å². The molecular weight excluding hydrogens is 318 g/mol. The average molecular weight is 329 g/mol. The van der Waals surface area contributed by atoms with Gasteiger partial charge in [0.05, 0.1) is 30.9 Å². The summed E-state index contributed by atoms with van der Waals surface area (Å²) in [6, 6.07) is 4.17. The van der Waals surface area contributed by atoms with Crippen molar-refractivity contribution in [3.05, 3.63) is 39.6 Å². The number of rotatable bonds is 3. The van der Waals surface area contributed by atoms with Crippen LogP contribution in [-0.2, 0) is 18.8 Å². The van der Waals surface area contributed by atoms with Crippen LogP contribution in [0.1, 0.15) is 16.8 Å². The first-order valence-electron chi connectivity index (χ1n) is 5.65. The minimum atomic E-state index is 0.382. The first kappa shape index (κ1) is 12.0. The Morgan fingerprint density at radius 2 is 2.33 bits per heavy atom. The van der Waals surface area contributed by atoms with Gasteiger partial charge < -0.3 is 4.74 Å². The summed E-state index contributed by atoms with van der Waals surface area (Å²) >= 11 is 9.24. The number of fused-ring (bicyclic) bond motifs is 1. The molecule has 2 heterocycles. The molecule has 3 rings (SSSR count). The molecule has 0 saturated carbocycles. The number of hydrogen-bond acceptors (Lipinski definition) is 3. The maximum absolute atomic E-state index is 5.71. The molecule has 18 heavy (non-hydrogen) atoms. The normalized spacial score (nSPS) is 13.4. The van der Waals surface area contributed by atoms with E-state index in [9.17, 15) is 0 Å². The quantitative estimate of drug-likeness (QED) is 0.813. The SMILES string of the molecule is ClCc1cn(Cc2cc(Br)cc3c2OCC3)nn1. The Morgan fingerprint density at radius 3 is 3.11 bits per heavy atom. The molecule has 0 atom stereocenters. The van der Waals surface area contributed by atoms with E-state index in [0.717, 1.165) is 34.5 Å². The Morgan fingerprint density at radius 1 is 1.44 bits per heavy atom. The third kappa shape index (κ3) is 2.24. The Bertz CT molecular complexity index is 585. The van der Waals surface area contributed by atoms with E-state index in [4.69, 9.17) is 16.3 Å². The van der Waals surface area contributed by atoms with Crippen LogP contribution < -0.4 is 4.74 Å². The molecule has 94 valence electrons. The van der Waals surface area contributed by atoms with Crippen molar-refractivity contribution >= 4 is 27.5 Å². The Hall–Kier alpha value is -1.07. The molecule has 2 aromatic rings. The number of halogens is 2. The molecule has 6 heteroatoms. The summed E-state index contributed by atoms with van der Waals surface area (Å²) in [7, 11) is 0. The van der Waals surface area contributed by atoms with Crippen LogP contribution in [0.15, 0.2) is 22.8 Å². The number of aromatic nitrogens is 3. The summed E-state index contributed by atoms with van der Waals surface area (Å²) in [4.78, 5) is 0. The van der Waals surface area contributed by atoms with E-state index in [1.54, 1.807) is 4.68 Å². The number of hydrogen-bond donors (Lipinski definition) is 0. The van der Waals surface area contributed by atoms with Crippen molar-refractivity contribution in [2.45, 2.75) is 18.8 Å². The Kier molecular flexibility index (Phi) is 3.26. The molecule has 0 bridgehead atoms. The van der Waals surface area contributed by atoms with Crippen LogP contribution in [0.2, 0.25) is 0 Å². The van der Waals surface area contributed by atoms with Crippen LogP contribution in [0.3, 0.4) is 0 Å². The Labute approximate surface area is 118 Å². The van der Waals surface area contributed by atoms with Crippen LogP contribution in [0.4, 0.5) is 0 Å². The summed E-state index contributed by atoms with van der Waals surface area (Å²) in [6.07, 6.45) is 2.82. The molecule has 4 nitrogen and oxygen atoms in total. The molecule has 0 unspecified atom stereocenters. The molecule has 0 radical (unpaired) electrons. The fourth-order valence-corrected chi connectivity index (χ4v) is 2.79. The van der Waals surface area contributed by atoms with E-state index < -0.39 is 0 Å². The van der Waals surface area contributed by atoms with Gasteiger partial charge in [0.15, 0.2) is 0 Å². The molecule has 0 amide bonds. The van der Waals surface area contributed by atoms with Crippen LogP contribution in [0.5, 0.6) is 5.75 Å². The maximum Gasteiger partial charge on any atom is 0.127 e. The fourth-order valence-electron chi connectivity index (χ4n) is 2.12. The highest BCUT2D eigenvalue weighted by Gasteiger charge is 2.18. The second-order valence-corrected chi connectivity index (χ2v) is 5.38. The van der Waals surface area contributed by atoms with Gasteiger partial charge in [-0.3, -0.25) is 0 Å². The van der Waals surface area contributed by atoms with Crippen molar-refractivity contribution in [2.24, 2.45) is 0 Å². The zero-order valence-electron chi connectivity index (χ0n) is 9.57. The monoisotopic (exact) mass is 327 g/mol. The molecule has 0 saturated heterocycles. The van der Waals surface area contributed by atoms with Gasteiger partial charge in [0.1, 0.15) is 5.75 Å². The molecule has 1 aliphatic heterocycles. The highest BCUT2D eigenvalue weighted by atomic mass is 79.9. The van der Waals surface area contributed by atoms with Crippen molar-refractivity contribution in [3.8, 4) is 5.75 Å². The molecule has 1 aliphatic rings. The highest BCUT2D eigenvalue weighted by Crippen LogP contribution is 2.33. The molecular formula is C12H11BrClN3O. The maximum atomic E-state index is 5.71. The largest absolute Gasteiger partial charge is 0.493 e. The standard InChI is InChI=1S/C12H11BrClN3O/c13-10-3-8-1-2-18-12(8)9(4-10)6-17-7-11(5-14)15-16-17/h3-4,7H,1-2,5-6H2. The lowest BCUT2D eigenvalue weighted by atomic mass is 10.1. The first-order chi connectivity index (χ1) is 8.76. The van der Waals surface area contributed by atoms with Gasteiger partial charge in [-0.25, -0.2) is 4.68 Å². The van der Waals surface area contributed by atoms with Gasteiger partial charge in [0.25, 0.3) is 0 Å². The summed E-state index contributed by atoms with van der Waals surface area (Å²) < 4.78 is 8.53. The van der Waals surface area contributed by atoms with Gasteiger partial charge in [0, 0.05) is 16.5 Å². The Balaban J connectivity index is 1.92. The zero-order chi connectivity index (χ0) is 12.5. The van der Waals surface area contributed by atoms with E-state index in [1.165, 1.54) is 5.56 Å². The van der Waals surface area contributed by atoms with Gasteiger partial charge in [-0.05, 0) is 17.7 Å². The van der Waals surface area contributed by atoms with Crippen LogP contribution in [0.25, 0.3) is 0 Å². The average Bonchev–Trinajstić information content (AvgIpc) is 2.97. The molecule has 1 aromatic heterocycles. The number of benzene rings is 1. The zero-order valence-corrected chi connectivity index (χ0v) is 11.9. The lowest BCUT2D eigenvalue weighted by Gasteiger charge is -2.08. The van der Waals surface area contributed by atoms with Crippen LogP contribution in [0, 0.1) is 0 Å². The van der Waals surface area contributed by atoms with Crippen LogP contribution in [-0.4, -0.2) is 21.6 Å². The molecule has 0 aliphatic carbocycles. The van der Waals surface area contributed by atoms with E-state index in [-0.39, 0.29) is 0 Å². The van der Waals surface area contributed by atoms with Crippen molar-refractivity contribution in [1.29, 1.82) is 0 Å². The molecule has 0 spiro atoms. The van der Waals surface area contributed by atoms with Gasteiger partial charge in [0.2, 0.25) is 0 Å². The second kappa shape index (κ2) is 4.90. The lowest BCUT2D eigenvalue weighted by Crippen LogP contribution is -2.02. The van der Waals surface area contributed by atoms with Crippen molar-refractivity contribution in [2.75, 3.05) is 6.61 Å². The molecule has 0 N–H and O–H groups in total. The minimum Gasteiger partial charge on any atom is -0.493 e. The fraction of sp³-hybridized carbons (Fsp3) is 0.333. The van der Waals surface area contributed by atoms with E-state index >= 15 is 0 Å². The lowest BCUT2D eigenvalue weighted by molar-refractivity contribution is 0.352. The number of alkyl halides is 1. The van der Waals surface area contributed by atoms with Gasteiger partial charge in [-0.1, -0.05) is 21.1 Å². The van der Waals surface area contributed by atoms with Gasteiger partial charge in [-0.2, -0.15) is 0 Å². The minimum absolute atomic E-state index is 0.382. The summed E-state index contributed by atoms with van der Waals surface area (Å²) in [6.45, 7) is 1.40. The molecule has 1 aromatic carbocycles. The smallest absolute Gasteiger partial charge is 0.127 e. The number of ether oxygens (including phenoxy) is 1. The van der Waals surface area contributed by atoms with Crippen molar-refractivity contribution in [3.63, 3.8) is 0 Å². The summed E-state index contributed by atoms with van der Waals surface area (Å²) in [5.74, 6) is 1.37. The van der Waals surface area contributed by atoms with Crippen LogP contribution >= 0.6 is 27.5 Å². The van der Waals surface area contributed by atoms with Crippen molar-refractivity contribution in [1.82, 2.24) is 15.0 Å². The second-order valence-electron chi connectivity index (χ2n) is 4.19. The third-order valence-corrected chi connectivity index (χ3v) is 3.61. The summed E-state index contributed by atoms with van der Waals surface area (Å²) in [5, 5.41) is 8.02. The highest BCUT2D eigenvalue weighted by molar-refractivity contribution is 9.10. The topological polar surface area (TPSA) is 39.9 Å². The first-order valence-corrected chi connectivity index (χ1v) is 6.98.